The number of halogens is 3. The Balaban J connectivity index is 2.05. The van der Waals surface area contributed by atoms with Gasteiger partial charge in [0.15, 0.2) is 5.11 Å². The van der Waals surface area contributed by atoms with E-state index in [-0.39, 0.29) is 5.11 Å². The fourth-order valence-electron chi connectivity index (χ4n) is 2.38. The van der Waals surface area contributed by atoms with Crippen LogP contribution in [0.5, 0.6) is 0 Å². The number of hydrogen-bond donors (Lipinski definition) is 2. The minimum Gasteiger partial charge on any atom is -0.374 e. The maximum atomic E-state index is 12.6. The minimum atomic E-state index is -4.35. The molecule has 0 unspecified atom stereocenters. The van der Waals surface area contributed by atoms with Gasteiger partial charge in [-0.2, -0.15) is 23.0 Å². The number of hydrogen-bond acceptors (Lipinski definition) is 3. The highest BCUT2D eigenvalue weighted by Gasteiger charge is 2.30. The average molecular weight is 312 g/mol. The standard InChI is InChI=1S/C13H11F3N4S/c14-13(15,16)8-3-1-7(2-4-8)10-9-5-6-18-11(9)20(19-10)12(17)21/h1-4,18H,5-6H2,(H2,17,21). The largest absolute Gasteiger partial charge is 0.416 e. The van der Waals surface area contributed by atoms with E-state index in [0.717, 1.165) is 36.5 Å². The average Bonchev–Trinajstić information content (AvgIpc) is 2.98. The molecule has 0 saturated carbocycles. The van der Waals surface area contributed by atoms with Gasteiger partial charge >= 0.3 is 6.18 Å². The predicted molar refractivity (Wildman–Crippen MR) is 77.0 cm³/mol. The highest BCUT2D eigenvalue weighted by atomic mass is 32.1. The molecule has 1 aliphatic rings. The molecule has 0 radical (unpaired) electrons. The summed E-state index contributed by atoms with van der Waals surface area (Å²) in [4.78, 5) is 0. The molecule has 0 bridgehead atoms. The number of nitrogens with zero attached hydrogens (tertiary/aromatic N) is 2. The van der Waals surface area contributed by atoms with Gasteiger partial charge in [-0.1, -0.05) is 12.1 Å². The highest BCUT2D eigenvalue weighted by molar-refractivity contribution is 7.80. The Bertz CT molecular complexity index is 703. The van der Waals surface area contributed by atoms with Crippen molar-refractivity contribution in [3.05, 3.63) is 35.4 Å². The highest BCUT2D eigenvalue weighted by Crippen LogP contribution is 2.35. The Morgan fingerprint density at radius 2 is 1.95 bits per heavy atom. The maximum Gasteiger partial charge on any atom is 0.416 e. The summed E-state index contributed by atoms with van der Waals surface area (Å²) in [5, 5.41) is 7.53. The molecule has 0 fully saturated rings. The number of anilines is 1. The van der Waals surface area contributed by atoms with E-state index < -0.39 is 11.7 Å². The molecule has 2 aromatic rings. The molecule has 3 rings (SSSR count). The van der Waals surface area contributed by atoms with Gasteiger partial charge in [0.1, 0.15) is 5.82 Å². The van der Waals surface area contributed by atoms with Gasteiger partial charge in [0.05, 0.1) is 11.3 Å². The molecule has 0 atom stereocenters. The van der Waals surface area contributed by atoms with Crippen LogP contribution in [0.3, 0.4) is 0 Å². The Hall–Kier alpha value is -2.09. The van der Waals surface area contributed by atoms with Crippen LogP contribution in [0.15, 0.2) is 24.3 Å². The Kier molecular flexibility index (Phi) is 3.12. The van der Waals surface area contributed by atoms with E-state index >= 15 is 0 Å². The number of aromatic nitrogens is 2. The van der Waals surface area contributed by atoms with Crippen LogP contribution < -0.4 is 11.1 Å². The van der Waals surface area contributed by atoms with E-state index in [1.54, 1.807) is 0 Å². The monoisotopic (exact) mass is 312 g/mol. The molecule has 2 heterocycles. The van der Waals surface area contributed by atoms with E-state index in [4.69, 9.17) is 18.0 Å². The van der Waals surface area contributed by atoms with Gasteiger partial charge in [0.2, 0.25) is 0 Å². The first-order valence-electron chi connectivity index (χ1n) is 6.21. The van der Waals surface area contributed by atoms with Gasteiger partial charge < -0.3 is 11.1 Å². The van der Waals surface area contributed by atoms with Gasteiger partial charge in [0, 0.05) is 17.7 Å². The van der Waals surface area contributed by atoms with Crippen molar-refractivity contribution in [1.82, 2.24) is 9.78 Å². The summed E-state index contributed by atoms with van der Waals surface area (Å²) in [6.45, 7) is 0.726. The van der Waals surface area contributed by atoms with E-state index in [1.165, 1.54) is 16.8 Å². The zero-order chi connectivity index (χ0) is 15.2. The van der Waals surface area contributed by atoms with Crippen LogP contribution in [0.4, 0.5) is 19.0 Å². The number of fused-ring (bicyclic) bond motifs is 1. The first-order valence-corrected chi connectivity index (χ1v) is 6.62. The van der Waals surface area contributed by atoms with Crippen LogP contribution >= 0.6 is 12.2 Å². The normalized spacial score (nSPS) is 13.9. The van der Waals surface area contributed by atoms with Crippen LogP contribution in [-0.4, -0.2) is 21.4 Å². The molecular formula is C13H11F3N4S. The van der Waals surface area contributed by atoms with Gasteiger partial charge in [0.25, 0.3) is 0 Å². The second kappa shape index (κ2) is 4.73. The summed E-state index contributed by atoms with van der Waals surface area (Å²) in [6.07, 6.45) is -3.62. The second-order valence-electron chi connectivity index (χ2n) is 4.68. The van der Waals surface area contributed by atoms with Crippen molar-refractivity contribution in [2.45, 2.75) is 12.6 Å². The third-order valence-corrected chi connectivity index (χ3v) is 3.52. The van der Waals surface area contributed by atoms with E-state index in [9.17, 15) is 13.2 Å². The Labute approximate surface area is 123 Å². The lowest BCUT2D eigenvalue weighted by molar-refractivity contribution is -0.137. The SMILES string of the molecule is NC(=S)n1nc(-c2ccc(C(F)(F)F)cc2)c2c1NCC2. The van der Waals surface area contributed by atoms with E-state index in [0.29, 0.717) is 11.3 Å². The summed E-state index contributed by atoms with van der Waals surface area (Å²) in [6, 6.07) is 4.91. The lowest BCUT2D eigenvalue weighted by Gasteiger charge is -2.07. The Morgan fingerprint density at radius 1 is 1.29 bits per heavy atom. The Morgan fingerprint density at radius 3 is 2.52 bits per heavy atom. The first-order chi connectivity index (χ1) is 9.88. The molecule has 1 aromatic carbocycles. The van der Waals surface area contributed by atoms with Gasteiger partial charge in [-0.25, -0.2) is 0 Å². The molecule has 3 N–H and O–H groups in total. The quantitative estimate of drug-likeness (QED) is 0.795. The van der Waals surface area contributed by atoms with Crippen molar-refractivity contribution < 1.29 is 13.2 Å². The van der Waals surface area contributed by atoms with Crippen LogP contribution in [0.1, 0.15) is 11.1 Å². The number of alkyl halides is 3. The van der Waals surface area contributed by atoms with Crippen LogP contribution in [0.25, 0.3) is 11.3 Å². The number of rotatable bonds is 1. The minimum absolute atomic E-state index is 0.0961. The molecule has 8 heteroatoms. The van der Waals surface area contributed by atoms with Gasteiger partial charge in [-0.15, -0.1) is 0 Å². The molecule has 0 saturated heterocycles. The van der Waals surface area contributed by atoms with Crippen molar-refractivity contribution >= 4 is 23.1 Å². The fraction of sp³-hybridized carbons (Fsp3) is 0.231. The molecule has 0 aliphatic carbocycles. The lowest BCUT2D eigenvalue weighted by Crippen LogP contribution is -2.22. The van der Waals surface area contributed by atoms with Crippen LogP contribution in [-0.2, 0) is 12.6 Å². The van der Waals surface area contributed by atoms with E-state index in [1.807, 2.05) is 0 Å². The summed E-state index contributed by atoms with van der Waals surface area (Å²) in [7, 11) is 0. The third kappa shape index (κ3) is 2.35. The third-order valence-electron chi connectivity index (χ3n) is 3.35. The fourth-order valence-corrected chi connectivity index (χ4v) is 2.52. The van der Waals surface area contributed by atoms with Crippen molar-refractivity contribution in [3.8, 4) is 11.3 Å². The second-order valence-corrected chi connectivity index (χ2v) is 5.10. The molecule has 4 nitrogen and oxygen atoms in total. The topological polar surface area (TPSA) is 55.9 Å². The first kappa shape index (κ1) is 13.9. The van der Waals surface area contributed by atoms with Crippen LogP contribution in [0, 0.1) is 0 Å². The number of nitrogens with one attached hydrogen (secondary N) is 1. The summed E-state index contributed by atoms with van der Waals surface area (Å²) in [5.41, 5.74) is 7.05. The maximum absolute atomic E-state index is 12.6. The van der Waals surface area contributed by atoms with Gasteiger partial charge in [-0.05, 0) is 30.8 Å². The molecular weight excluding hydrogens is 301 g/mol. The zero-order valence-electron chi connectivity index (χ0n) is 10.7. The molecule has 0 spiro atoms. The smallest absolute Gasteiger partial charge is 0.374 e. The number of thiocarbonyl (C=S) groups is 1. The van der Waals surface area contributed by atoms with Gasteiger partial charge in [-0.3, -0.25) is 0 Å². The summed E-state index contributed by atoms with van der Waals surface area (Å²) < 4.78 is 39.2. The molecule has 110 valence electrons. The predicted octanol–water partition coefficient (Wildman–Crippen LogP) is 2.63. The van der Waals surface area contributed by atoms with Crippen LogP contribution in [0.2, 0.25) is 0 Å². The van der Waals surface area contributed by atoms with Crippen molar-refractivity contribution in [2.75, 3.05) is 11.9 Å². The number of nitrogens with two attached hydrogens (primary N) is 1. The van der Waals surface area contributed by atoms with E-state index in [2.05, 4.69) is 10.4 Å². The van der Waals surface area contributed by atoms with Crippen molar-refractivity contribution in [3.63, 3.8) is 0 Å². The molecule has 1 aromatic heterocycles. The zero-order valence-corrected chi connectivity index (χ0v) is 11.6. The summed E-state index contributed by atoms with van der Waals surface area (Å²) >= 11 is 4.93. The molecule has 21 heavy (non-hydrogen) atoms. The molecule has 0 amide bonds. The number of benzene rings is 1. The van der Waals surface area contributed by atoms with Crippen molar-refractivity contribution in [1.29, 1.82) is 0 Å². The van der Waals surface area contributed by atoms with Crippen molar-refractivity contribution in [2.24, 2.45) is 5.73 Å². The summed E-state index contributed by atoms with van der Waals surface area (Å²) in [5.74, 6) is 0.720. The molecule has 1 aliphatic heterocycles. The lowest BCUT2D eigenvalue weighted by atomic mass is 10.0.